The standard InChI is InChI=1S/C19H30N6O/c1-3-20-19(21-12-16-13-23-24(2)15-16)22-14-17(18-8-7-11-26-18)25-9-5-4-6-10-25/h7-8,11,13,15,17H,3-6,9-10,12,14H2,1-2H3,(H2,20,21,22). The molecule has 0 spiro atoms. The number of rotatable bonds is 7. The topological polar surface area (TPSA) is 70.6 Å². The van der Waals surface area contributed by atoms with E-state index in [0.717, 1.165) is 43.5 Å². The maximum Gasteiger partial charge on any atom is 0.191 e. The average Bonchev–Trinajstić information content (AvgIpc) is 3.33. The lowest BCUT2D eigenvalue weighted by Crippen LogP contribution is -2.44. The van der Waals surface area contributed by atoms with E-state index in [4.69, 9.17) is 4.42 Å². The van der Waals surface area contributed by atoms with E-state index in [2.05, 4.69) is 38.6 Å². The number of nitrogens with zero attached hydrogens (tertiary/aromatic N) is 4. The predicted molar refractivity (Wildman–Crippen MR) is 103 cm³/mol. The molecule has 1 atom stereocenters. The summed E-state index contributed by atoms with van der Waals surface area (Å²) in [5.74, 6) is 1.84. The van der Waals surface area contributed by atoms with Crippen molar-refractivity contribution in [2.24, 2.45) is 12.0 Å². The van der Waals surface area contributed by atoms with Gasteiger partial charge in [-0.2, -0.15) is 5.10 Å². The minimum absolute atomic E-state index is 0.229. The van der Waals surface area contributed by atoms with Crippen LogP contribution in [0.5, 0.6) is 0 Å². The van der Waals surface area contributed by atoms with Crippen LogP contribution in [0, 0.1) is 0 Å². The number of nitrogens with one attached hydrogen (secondary N) is 2. The summed E-state index contributed by atoms with van der Waals surface area (Å²) in [5, 5.41) is 11.0. The third kappa shape index (κ3) is 5.11. The van der Waals surface area contributed by atoms with Crippen LogP contribution in [0.2, 0.25) is 0 Å². The van der Waals surface area contributed by atoms with E-state index in [1.807, 2.05) is 25.5 Å². The van der Waals surface area contributed by atoms with Crippen molar-refractivity contribution in [1.82, 2.24) is 25.3 Å². The van der Waals surface area contributed by atoms with Crippen molar-refractivity contribution in [1.29, 1.82) is 0 Å². The van der Waals surface area contributed by atoms with Gasteiger partial charge >= 0.3 is 0 Å². The number of piperidine rings is 1. The van der Waals surface area contributed by atoms with Gasteiger partial charge in [0.25, 0.3) is 0 Å². The predicted octanol–water partition coefficient (Wildman–Crippen LogP) is 2.30. The average molecular weight is 358 g/mol. The largest absolute Gasteiger partial charge is 0.468 e. The van der Waals surface area contributed by atoms with E-state index in [9.17, 15) is 0 Å². The number of guanidine groups is 1. The van der Waals surface area contributed by atoms with Crippen LogP contribution in [0.1, 0.15) is 43.6 Å². The molecule has 3 heterocycles. The van der Waals surface area contributed by atoms with Gasteiger partial charge in [-0.15, -0.1) is 0 Å². The fourth-order valence-corrected chi connectivity index (χ4v) is 3.38. The van der Waals surface area contributed by atoms with E-state index in [-0.39, 0.29) is 6.04 Å². The smallest absolute Gasteiger partial charge is 0.191 e. The van der Waals surface area contributed by atoms with E-state index in [1.54, 1.807) is 10.9 Å². The second kappa shape index (κ2) is 9.43. The van der Waals surface area contributed by atoms with Crippen LogP contribution < -0.4 is 10.6 Å². The van der Waals surface area contributed by atoms with Crippen molar-refractivity contribution in [3.05, 3.63) is 42.1 Å². The van der Waals surface area contributed by atoms with Gasteiger partial charge in [0, 0.05) is 31.9 Å². The molecule has 2 aromatic heterocycles. The number of aryl methyl sites for hydroxylation is 1. The minimum Gasteiger partial charge on any atom is -0.468 e. The lowest BCUT2D eigenvalue weighted by atomic mass is 10.1. The first-order valence-electron chi connectivity index (χ1n) is 9.53. The van der Waals surface area contributed by atoms with Gasteiger partial charge in [0.05, 0.1) is 25.0 Å². The summed E-state index contributed by atoms with van der Waals surface area (Å²) >= 11 is 0. The highest BCUT2D eigenvalue weighted by Gasteiger charge is 2.24. The Hall–Kier alpha value is -2.28. The molecule has 0 aliphatic carbocycles. The third-order valence-corrected chi connectivity index (χ3v) is 4.69. The van der Waals surface area contributed by atoms with E-state index < -0.39 is 0 Å². The third-order valence-electron chi connectivity index (χ3n) is 4.69. The molecule has 2 N–H and O–H groups in total. The second-order valence-corrected chi connectivity index (χ2v) is 6.73. The quantitative estimate of drug-likeness (QED) is 0.587. The van der Waals surface area contributed by atoms with Crippen LogP contribution >= 0.6 is 0 Å². The summed E-state index contributed by atoms with van der Waals surface area (Å²) in [4.78, 5) is 7.20. The molecule has 26 heavy (non-hydrogen) atoms. The fourth-order valence-electron chi connectivity index (χ4n) is 3.38. The number of hydrogen-bond acceptors (Lipinski definition) is 4. The Labute approximate surface area is 155 Å². The van der Waals surface area contributed by atoms with Crippen molar-refractivity contribution < 1.29 is 4.42 Å². The minimum atomic E-state index is 0.229. The van der Waals surface area contributed by atoms with Gasteiger partial charge in [-0.3, -0.25) is 9.58 Å². The highest BCUT2D eigenvalue weighted by atomic mass is 16.3. The summed E-state index contributed by atoms with van der Waals surface area (Å²) in [5.41, 5.74) is 1.10. The molecule has 1 aliphatic heterocycles. The van der Waals surface area contributed by atoms with Gasteiger partial charge in [0.1, 0.15) is 5.76 Å². The first-order valence-corrected chi connectivity index (χ1v) is 9.53. The van der Waals surface area contributed by atoms with Gasteiger partial charge in [-0.1, -0.05) is 6.42 Å². The Morgan fingerprint density at radius 2 is 2.15 bits per heavy atom. The van der Waals surface area contributed by atoms with Crippen molar-refractivity contribution in [2.75, 3.05) is 26.2 Å². The first kappa shape index (κ1) is 18.5. The summed E-state index contributed by atoms with van der Waals surface area (Å²) < 4.78 is 7.52. The van der Waals surface area contributed by atoms with E-state index >= 15 is 0 Å². The van der Waals surface area contributed by atoms with Crippen LogP contribution in [-0.4, -0.2) is 46.8 Å². The molecule has 142 valence electrons. The second-order valence-electron chi connectivity index (χ2n) is 6.73. The number of aromatic nitrogens is 2. The Morgan fingerprint density at radius 3 is 2.81 bits per heavy atom. The van der Waals surface area contributed by atoms with Gasteiger partial charge in [-0.25, -0.2) is 4.99 Å². The molecule has 0 saturated carbocycles. The Kier molecular flexibility index (Phi) is 6.71. The summed E-state index contributed by atoms with van der Waals surface area (Å²) in [6, 6.07) is 4.27. The lowest BCUT2D eigenvalue weighted by Gasteiger charge is -2.33. The van der Waals surface area contributed by atoms with Crippen LogP contribution in [-0.2, 0) is 13.6 Å². The SMILES string of the molecule is CCNC(=NCc1cnn(C)c1)NCC(c1ccco1)N1CCCCC1. The molecule has 7 nitrogen and oxygen atoms in total. The molecule has 1 saturated heterocycles. The number of aliphatic imine (C=N–C) groups is 1. The van der Waals surface area contributed by atoms with Gasteiger partial charge in [-0.05, 0) is 45.0 Å². The molecule has 1 fully saturated rings. The van der Waals surface area contributed by atoms with Gasteiger partial charge in [0.15, 0.2) is 5.96 Å². The summed E-state index contributed by atoms with van der Waals surface area (Å²) in [6.07, 6.45) is 9.44. The highest BCUT2D eigenvalue weighted by Crippen LogP contribution is 2.24. The van der Waals surface area contributed by atoms with Crippen molar-refractivity contribution in [3.8, 4) is 0 Å². The summed E-state index contributed by atoms with van der Waals surface area (Å²) in [7, 11) is 1.92. The molecule has 0 radical (unpaired) electrons. The Bertz CT molecular complexity index is 672. The lowest BCUT2D eigenvalue weighted by molar-refractivity contribution is 0.146. The molecular weight excluding hydrogens is 328 g/mol. The molecule has 1 unspecified atom stereocenters. The zero-order chi connectivity index (χ0) is 18.2. The van der Waals surface area contributed by atoms with Crippen molar-refractivity contribution >= 4 is 5.96 Å². The molecule has 0 aromatic carbocycles. The number of furan rings is 1. The van der Waals surface area contributed by atoms with Crippen molar-refractivity contribution in [2.45, 2.75) is 38.8 Å². The maximum absolute atomic E-state index is 5.72. The first-order chi connectivity index (χ1) is 12.8. The molecule has 2 aromatic rings. The normalized spacial score (nSPS) is 17.2. The zero-order valence-electron chi connectivity index (χ0n) is 15.8. The van der Waals surface area contributed by atoms with Gasteiger partial charge < -0.3 is 15.1 Å². The Morgan fingerprint density at radius 1 is 1.31 bits per heavy atom. The fraction of sp³-hybridized carbons (Fsp3) is 0.579. The van der Waals surface area contributed by atoms with Crippen LogP contribution in [0.15, 0.2) is 40.2 Å². The van der Waals surface area contributed by atoms with Crippen LogP contribution in [0.4, 0.5) is 0 Å². The molecule has 1 aliphatic rings. The molecule has 3 rings (SSSR count). The van der Waals surface area contributed by atoms with Gasteiger partial charge in [0.2, 0.25) is 0 Å². The monoisotopic (exact) mass is 358 g/mol. The number of hydrogen-bond donors (Lipinski definition) is 2. The zero-order valence-corrected chi connectivity index (χ0v) is 15.8. The van der Waals surface area contributed by atoms with Crippen molar-refractivity contribution in [3.63, 3.8) is 0 Å². The highest BCUT2D eigenvalue weighted by molar-refractivity contribution is 5.79. The maximum atomic E-state index is 5.72. The molecule has 7 heteroatoms. The molecular formula is C19H30N6O. The molecule has 0 amide bonds. The van der Waals surface area contributed by atoms with Crippen LogP contribution in [0.3, 0.4) is 0 Å². The number of likely N-dealkylation sites (tertiary alicyclic amines) is 1. The molecule has 0 bridgehead atoms. The van der Waals surface area contributed by atoms with E-state index in [0.29, 0.717) is 6.54 Å². The van der Waals surface area contributed by atoms with Crippen LogP contribution in [0.25, 0.3) is 0 Å². The Balaban J connectivity index is 1.64. The van der Waals surface area contributed by atoms with E-state index in [1.165, 1.54) is 19.3 Å². The summed E-state index contributed by atoms with van der Waals surface area (Å²) in [6.45, 7) is 6.53.